The van der Waals surface area contributed by atoms with Crippen molar-refractivity contribution in [3.63, 3.8) is 0 Å². The van der Waals surface area contributed by atoms with Gasteiger partial charge in [-0.3, -0.25) is 9.59 Å². The van der Waals surface area contributed by atoms with E-state index in [1.165, 1.54) is 0 Å². The van der Waals surface area contributed by atoms with Crippen LogP contribution in [0.25, 0.3) is 22.0 Å². The Bertz CT molecular complexity index is 1130. The van der Waals surface area contributed by atoms with Crippen molar-refractivity contribution in [3.05, 3.63) is 63.9 Å². The fraction of sp³-hybridized carbons (Fsp3) is 0.304. The van der Waals surface area contributed by atoms with E-state index in [1.807, 2.05) is 36.4 Å². The predicted molar refractivity (Wildman–Crippen MR) is 114 cm³/mol. The van der Waals surface area contributed by atoms with Gasteiger partial charge in [0.15, 0.2) is 5.78 Å². The first kappa shape index (κ1) is 18.4. The molecule has 1 aliphatic carbocycles. The Balaban J connectivity index is 1.88. The number of nitrogens with one attached hydrogen (secondary N) is 1. The highest BCUT2D eigenvalue weighted by molar-refractivity contribution is 6.28. The van der Waals surface area contributed by atoms with Gasteiger partial charge in [0.2, 0.25) is 0 Å². The van der Waals surface area contributed by atoms with Crippen molar-refractivity contribution in [3.8, 4) is 11.1 Å². The van der Waals surface area contributed by atoms with Crippen LogP contribution in [0.1, 0.15) is 29.8 Å². The number of anilines is 1. The number of likely N-dealkylation sites (N-methyl/N-ethyl adjacent to an activating group) is 1. The van der Waals surface area contributed by atoms with Crippen molar-refractivity contribution >= 4 is 22.4 Å². The van der Waals surface area contributed by atoms with Gasteiger partial charge in [-0.1, -0.05) is 38.1 Å². The topological polar surface area (TPSA) is 54.3 Å². The van der Waals surface area contributed by atoms with Crippen LogP contribution in [0.5, 0.6) is 0 Å². The normalized spacial score (nSPS) is 12.5. The number of nitrogens with zero attached hydrogens (tertiary/aromatic N) is 2. The van der Waals surface area contributed by atoms with Crippen molar-refractivity contribution in [1.29, 1.82) is 0 Å². The summed E-state index contributed by atoms with van der Waals surface area (Å²) in [4.78, 5) is 28.2. The van der Waals surface area contributed by atoms with Gasteiger partial charge in [-0.2, -0.15) is 0 Å². The number of hydrogen-bond donors (Lipinski definition) is 1. The fourth-order valence-electron chi connectivity index (χ4n) is 4.09. The maximum absolute atomic E-state index is 13.4. The highest BCUT2D eigenvalue weighted by Gasteiger charge is 2.28. The summed E-state index contributed by atoms with van der Waals surface area (Å²) >= 11 is 0. The largest absolute Gasteiger partial charge is 0.383 e. The molecule has 4 rings (SSSR count). The molecule has 5 nitrogen and oxygen atoms in total. The minimum Gasteiger partial charge on any atom is -0.383 e. The van der Waals surface area contributed by atoms with Crippen LogP contribution in [0.15, 0.2) is 47.3 Å². The summed E-state index contributed by atoms with van der Waals surface area (Å²) in [5, 5.41) is 4.32. The SMILES string of the molecule is CCN(CC)CCNc1ccc2c3c(cc(=O)n2C)-c2ccccc2C(=O)c13. The number of aryl methyl sites for hydroxylation is 1. The van der Waals surface area contributed by atoms with E-state index < -0.39 is 0 Å². The van der Waals surface area contributed by atoms with Gasteiger partial charge in [0.05, 0.1) is 11.1 Å². The van der Waals surface area contributed by atoms with Crippen LogP contribution in [-0.2, 0) is 7.05 Å². The molecule has 0 unspecified atom stereocenters. The predicted octanol–water partition coefficient (Wildman–Crippen LogP) is 3.50. The number of pyridine rings is 1. The smallest absolute Gasteiger partial charge is 0.251 e. The zero-order valence-corrected chi connectivity index (χ0v) is 16.6. The van der Waals surface area contributed by atoms with Gasteiger partial charge in [-0.25, -0.2) is 0 Å². The second-order valence-corrected chi connectivity index (χ2v) is 7.17. The first-order chi connectivity index (χ1) is 13.6. The van der Waals surface area contributed by atoms with Gasteiger partial charge in [0, 0.05) is 42.8 Å². The average Bonchev–Trinajstić information content (AvgIpc) is 2.72. The third-order valence-corrected chi connectivity index (χ3v) is 5.74. The Morgan fingerprint density at radius 2 is 1.68 bits per heavy atom. The minimum atomic E-state index is -0.0696. The van der Waals surface area contributed by atoms with Crippen LogP contribution in [0.3, 0.4) is 0 Å². The van der Waals surface area contributed by atoms with E-state index >= 15 is 0 Å². The van der Waals surface area contributed by atoms with Gasteiger partial charge >= 0.3 is 0 Å². The van der Waals surface area contributed by atoms with Crippen molar-refractivity contribution < 1.29 is 4.79 Å². The molecule has 0 spiro atoms. The molecular formula is C23H25N3O2. The Morgan fingerprint density at radius 1 is 0.964 bits per heavy atom. The van der Waals surface area contributed by atoms with Crippen LogP contribution in [-0.4, -0.2) is 41.4 Å². The Morgan fingerprint density at radius 3 is 2.39 bits per heavy atom. The van der Waals surface area contributed by atoms with Crippen LogP contribution in [0, 0.1) is 0 Å². The summed E-state index contributed by atoms with van der Waals surface area (Å²) in [6.07, 6.45) is 0. The summed E-state index contributed by atoms with van der Waals surface area (Å²) in [5.41, 5.74) is 4.55. The Kier molecular flexibility index (Phi) is 4.77. The van der Waals surface area contributed by atoms with Crippen LogP contribution in [0.4, 0.5) is 5.69 Å². The maximum atomic E-state index is 13.4. The van der Waals surface area contributed by atoms with Gasteiger partial charge in [-0.15, -0.1) is 0 Å². The number of aromatic nitrogens is 1. The van der Waals surface area contributed by atoms with E-state index in [4.69, 9.17) is 0 Å². The first-order valence-electron chi connectivity index (χ1n) is 9.83. The number of carbonyl (C=O) groups is 1. The first-order valence-corrected chi connectivity index (χ1v) is 9.83. The summed E-state index contributed by atoms with van der Waals surface area (Å²) < 4.78 is 1.61. The molecule has 0 radical (unpaired) electrons. The average molecular weight is 375 g/mol. The van der Waals surface area contributed by atoms with Crippen molar-refractivity contribution in [2.75, 3.05) is 31.5 Å². The lowest BCUT2D eigenvalue weighted by Crippen LogP contribution is -2.29. The minimum absolute atomic E-state index is 0.0117. The molecule has 1 aliphatic rings. The molecule has 144 valence electrons. The van der Waals surface area contributed by atoms with Crippen LogP contribution < -0.4 is 10.9 Å². The van der Waals surface area contributed by atoms with Crippen LogP contribution >= 0.6 is 0 Å². The summed E-state index contributed by atoms with van der Waals surface area (Å²) in [7, 11) is 1.75. The molecule has 0 amide bonds. The van der Waals surface area contributed by atoms with E-state index in [1.54, 1.807) is 17.7 Å². The highest BCUT2D eigenvalue weighted by atomic mass is 16.1. The second kappa shape index (κ2) is 7.24. The van der Waals surface area contributed by atoms with Crippen molar-refractivity contribution in [1.82, 2.24) is 9.47 Å². The van der Waals surface area contributed by atoms with E-state index in [9.17, 15) is 9.59 Å². The monoisotopic (exact) mass is 375 g/mol. The molecule has 0 aliphatic heterocycles. The maximum Gasteiger partial charge on any atom is 0.251 e. The number of hydrogen-bond acceptors (Lipinski definition) is 4. The molecule has 0 atom stereocenters. The Labute approximate surface area is 164 Å². The zero-order valence-electron chi connectivity index (χ0n) is 16.6. The number of carbonyl (C=O) groups excluding carboxylic acids is 1. The van der Waals surface area contributed by atoms with Crippen molar-refractivity contribution in [2.24, 2.45) is 7.05 Å². The van der Waals surface area contributed by atoms with Crippen molar-refractivity contribution in [2.45, 2.75) is 13.8 Å². The third kappa shape index (κ3) is 2.83. The summed E-state index contributed by atoms with van der Waals surface area (Å²) in [6.45, 7) is 7.97. The van der Waals surface area contributed by atoms with Gasteiger partial charge in [-0.05, 0) is 36.3 Å². The van der Waals surface area contributed by atoms with Crippen LogP contribution in [0.2, 0.25) is 0 Å². The van der Waals surface area contributed by atoms with E-state index in [0.717, 1.165) is 53.9 Å². The summed E-state index contributed by atoms with van der Waals surface area (Å²) in [5.74, 6) is 0.0117. The second-order valence-electron chi connectivity index (χ2n) is 7.17. The molecule has 1 N–H and O–H groups in total. The Hall–Kier alpha value is -2.92. The third-order valence-electron chi connectivity index (χ3n) is 5.74. The highest BCUT2D eigenvalue weighted by Crippen LogP contribution is 2.41. The lowest BCUT2D eigenvalue weighted by atomic mass is 9.83. The molecule has 28 heavy (non-hydrogen) atoms. The molecule has 0 saturated heterocycles. The quantitative estimate of drug-likeness (QED) is 0.560. The standard InChI is InChI=1S/C23H25N3O2/c1-4-26(5-2)13-12-24-18-10-11-19-21-17(14-20(27)25(19)3)15-8-6-7-9-16(15)23(28)22(18)21/h6-11,14,24H,4-5,12-13H2,1-3H3. The fourth-order valence-corrected chi connectivity index (χ4v) is 4.09. The van der Waals surface area contributed by atoms with Gasteiger partial charge in [0.1, 0.15) is 0 Å². The molecule has 0 saturated carbocycles. The lowest BCUT2D eigenvalue weighted by Gasteiger charge is -2.24. The zero-order chi connectivity index (χ0) is 19.8. The number of rotatable bonds is 6. The lowest BCUT2D eigenvalue weighted by molar-refractivity contribution is 0.104. The molecule has 0 bridgehead atoms. The molecule has 2 aromatic carbocycles. The molecule has 3 aromatic rings. The molecule has 0 fully saturated rings. The molecule has 1 heterocycles. The van der Waals surface area contributed by atoms with Gasteiger partial charge in [0.25, 0.3) is 5.56 Å². The van der Waals surface area contributed by atoms with E-state index in [0.29, 0.717) is 11.1 Å². The van der Waals surface area contributed by atoms with E-state index in [-0.39, 0.29) is 11.3 Å². The molecule has 1 aromatic heterocycles. The molecule has 5 heteroatoms. The van der Waals surface area contributed by atoms with Gasteiger partial charge < -0.3 is 14.8 Å². The summed E-state index contributed by atoms with van der Waals surface area (Å²) in [6, 6.07) is 13.1. The van der Waals surface area contributed by atoms with E-state index in [2.05, 4.69) is 24.1 Å². The number of ketones is 1. The molecular weight excluding hydrogens is 350 g/mol. The number of benzene rings is 2. The number of fused-ring (bicyclic) bond motifs is 2.